The molecule has 8 heteroatoms. The van der Waals surface area contributed by atoms with Crippen LogP contribution in [0.4, 0.5) is 11.4 Å². The molecule has 3 N–H and O–H groups in total. The number of hydrogen-bond donors (Lipinski definition) is 3. The van der Waals surface area contributed by atoms with E-state index in [0.29, 0.717) is 5.69 Å². The molecule has 33 heavy (non-hydrogen) atoms. The molecule has 3 aromatic rings. The summed E-state index contributed by atoms with van der Waals surface area (Å²) in [5.41, 5.74) is 1.71. The number of carboxylic acids is 1. The Morgan fingerprint density at radius 1 is 0.939 bits per heavy atom. The van der Waals surface area contributed by atoms with E-state index in [0.717, 1.165) is 23.3 Å². The number of anilines is 2. The van der Waals surface area contributed by atoms with Crippen molar-refractivity contribution in [2.24, 2.45) is 5.92 Å². The number of amides is 2. The number of benzene rings is 3. The van der Waals surface area contributed by atoms with Crippen molar-refractivity contribution in [3.05, 3.63) is 88.9 Å². The van der Waals surface area contributed by atoms with Gasteiger partial charge in [0.15, 0.2) is 0 Å². The molecule has 1 atom stereocenters. The highest BCUT2D eigenvalue weighted by molar-refractivity contribution is 8.00. The third kappa shape index (κ3) is 5.94. The van der Waals surface area contributed by atoms with E-state index in [1.165, 1.54) is 30.0 Å². The lowest BCUT2D eigenvalue weighted by molar-refractivity contribution is -0.117. The lowest BCUT2D eigenvalue weighted by Crippen LogP contribution is -2.19. The minimum absolute atomic E-state index is 0.0162. The van der Waals surface area contributed by atoms with Gasteiger partial charge in [0.25, 0.3) is 0 Å². The highest BCUT2D eigenvalue weighted by atomic mass is 35.5. The molecule has 0 saturated heterocycles. The molecule has 0 heterocycles. The summed E-state index contributed by atoms with van der Waals surface area (Å²) in [5.74, 6) is -1.35. The number of halogens is 1. The van der Waals surface area contributed by atoms with Gasteiger partial charge in [0.05, 0.1) is 16.3 Å². The zero-order chi connectivity index (χ0) is 23.4. The van der Waals surface area contributed by atoms with Crippen LogP contribution in [0.2, 0.25) is 5.02 Å². The number of rotatable bonds is 8. The van der Waals surface area contributed by atoms with Gasteiger partial charge in [-0.3, -0.25) is 9.59 Å². The second kappa shape index (κ2) is 10.1. The average Bonchev–Trinajstić information content (AvgIpc) is 3.65. The van der Waals surface area contributed by atoms with Crippen LogP contribution in [0.25, 0.3) is 0 Å². The highest BCUT2D eigenvalue weighted by Crippen LogP contribution is 2.38. The van der Waals surface area contributed by atoms with E-state index in [9.17, 15) is 19.5 Å². The van der Waals surface area contributed by atoms with Gasteiger partial charge in [0.2, 0.25) is 11.8 Å². The van der Waals surface area contributed by atoms with Gasteiger partial charge in [-0.1, -0.05) is 48.0 Å². The number of hydrogen-bond acceptors (Lipinski definition) is 4. The largest absolute Gasteiger partial charge is 0.478 e. The molecule has 6 nitrogen and oxygen atoms in total. The van der Waals surface area contributed by atoms with E-state index in [-0.39, 0.29) is 34.0 Å². The van der Waals surface area contributed by atoms with Crippen LogP contribution in [0.1, 0.15) is 34.0 Å². The molecule has 1 saturated carbocycles. The first kappa shape index (κ1) is 22.9. The first-order valence-corrected chi connectivity index (χ1v) is 11.6. The van der Waals surface area contributed by atoms with Gasteiger partial charge in [0, 0.05) is 16.5 Å². The molecule has 0 spiro atoms. The fraction of sp³-hybridized carbons (Fsp3) is 0.160. The summed E-state index contributed by atoms with van der Waals surface area (Å²) in [4.78, 5) is 37.5. The molecule has 0 radical (unpaired) electrons. The zero-order valence-electron chi connectivity index (χ0n) is 17.5. The van der Waals surface area contributed by atoms with Crippen LogP contribution in [0.5, 0.6) is 0 Å². The van der Waals surface area contributed by atoms with Gasteiger partial charge in [-0.2, -0.15) is 0 Å². The van der Waals surface area contributed by atoms with E-state index in [2.05, 4.69) is 10.6 Å². The van der Waals surface area contributed by atoms with Gasteiger partial charge >= 0.3 is 5.97 Å². The molecule has 1 aliphatic carbocycles. The molecule has 2 amide bonds. The van der Waals surface area contributed by atoms with Crippen molar-refractivity contribution >= 4 is 52.5 Å². The summed E-state index contributed by atoms with van der Waals surface area (Å²) in [6, 6.07) is 20.8. The Labute approximate surface area is 200 Å². The second-order valence-corrected chi connectivity index (χ2v) is 9.27. The molecule has 0 aliphatic heterocycles. The minimum Gasteiger partial charge on any atom is -0.478 e. The average molecular weight is 481 g/mol. The molecule has 1 unspecified atom stereocenters. The molecule has 1 aliphatic rings. The fourth-order valence-electron chi connectivity index (χ4n) is 3.23. The lowest BCUT2D eigenvalue weighted by atomic mass is 10.1. The van der Waals surface area contributed by atoms with Crippen LogP contribution in [0.3, 0.4) is 0 Å². The summed E-state index contributed by atoms with van der Waals surface area (Å²) >= 11 is 7.53. The third-order valence-corrected chi connectivity index (χ3v) is 6.69. The first-order chi connectivity index (χ1) is 15.9. The number of carboxylic acid groups (broad SMARTS) is 1. The molecular weight excluding hydrogens is 460 g/mol. The third-order valence-electron chi connectivity index (χ3n) is 5.12. The first-order valence-electron chi connectivity index (χ1n) is 10.4. The number of carbonyl (C=O) groups excluding carboxylic acids is 2. The molecular formula is C25H21ClN2O4S. The normalized spacial score (nSPS) is 13.7. The van der Waals surface area contributed by atoms with E-state index >= 15 is 0 Å². The summed E-state index contributed by atoms with van der Waals surface area (Å²) < 4.78 is 0. The lowest BCUT2D eigenvalue weighted by Gasteiger charge is -2.18. The van der Waals surface area contributed by atoms with E-state index in [1.807, 2.05) is 54.6 Å². The van der Waals surface area contributed by atoms with Crippen molar-refractivity contribution in [1.82, 2.24) is 0 Å². The molecule has 168 valence electrons. The van der Waals surface area contributed by atoms with Crippen LogP contribution >= 0.6 is 23.4 Å². The van der Waals surface area contributed by atoms with Crippen LogP contribution in [-0.2, 0) is 9.59 Å². The Hall–Kier alpha value is -3.29. The Kier molecular flexibility index (Phi) is 7.01. The van der Waals surface area contributed by atoms with Crippen LogP contribution < -0.4 is 10.6 Å². The van der Waals surface area contributed by atoms with Gasteiger partial charge < -0.3 is 15.7 Å². The Bertz CT molecular complexity index is 1200. The van der Waals surface area contributed by atoms with Crippen LogP contribution in [0, 0.1) is 5.92 Å². The van der Waals surface area contributed by atoms with Gasteiger partial charge in [0.1, 0.15) is 5.25 Å². The standard InChI is InChI=1S/C25H21ClN2O4S/c26-20-12-11-17(25(31)32)13-21(20)28-24(30)22(15-5-2-1-3-6-15)33-19-8-4-7-18(14-19)27-23(29)16-9-10-16/h1-8,11-14,16,22H,9-10H2,(H,27,29)(H,28,30)(H,31,32). The monoisotopic (exact) mass is 480 g/mol. The number of carbonyl (C=O) groups is 3. The van der Waals surface area contributed by atoms with Crippen molar-refractivity contribution in [2.45, 2.75) is 23.0 Å². The molecule has 0 aromatic heterocycles. The fourth-order valence-corrected chi connectivity index (χ4v) is 4.47. The van der Waals surface area contributed by atoms with Crippen molar-refractivity contribution in [3.63, 3.8) is 0 Å². The van der Waals surface area contributed by atoms with Gasteiger partial charge in [-0.05, 0) is 54.8 Å². The predicted octanol–water partition coefficient (Wildman–Crippen LogP) is 5.86. The highest BCUT2D eigenvalue weighted by Gasteiger charge is 2.29. The van der Waals surface area contributed by atoms with Gasteiger partial charge in [-0.25, -0.2) is 4.79 Å². The van der Waals surface area contributed by atoms with Crippen molar-refractivity contribution in [2.75, 3.05) is 10.6 Å². The number of aromatic carboxylic acids is 1. The smallest absolute Gasteiger partial charge is 0.335 e. The molecule has 0 bridgehead atoms. The van der Waals surface area contributed by atoms with E-state index in [4.69, 9.17) is 11.6 Å². The van der Waals surface area contributed by atoms with Crippen molar-refractivity contribution in [3.8, 4) is 0 Å². The summed E-state index contributed by atoms with van der Waals surface area (Å²) in [7, 11) is 0. The molecule has 1 fully saturated rings. The van der Waals surface area contributed by atoms with E-state index < -0.39 is 11.2 Å². The maximum absolute atomic E-state index is 13.3. The Morgan fingerprint density at radius 3 is 2.39 bits per heavy atom. The Balaban J connectivity index is 1.57. The van der Waals surface area contributed by atoms with Gasteiger partial charge in [-0.15, -0.1) is 11.8 Å². The minimum atomic E-state index is -1.11. The Morgan fingerprint density at radius 2 is 1.70 bits per heavy atom. The summed E-state index contributed by atoms with van der Waals surface area (Å²) in [5, 5.41) is 14.6. The SMILES string of the molecule is O=C(O)c1ccc(Cl)c(NC(=O)C(Sc2cccc(NC(=O)C3CC3)c2)c2ccccc2)c1. The maximum atomic E-state index is 13.3. The number of nitrogens with one attached hydrogen (secondary N) is 2. The topological polar surface area (TPSA) is 95.5 Å². The number of thioether (sulfide) groups is 1. The quantitative estimate of drug-likeness (QED) is 0.351. The zero-order valence-corrected chi connectivity index (χ0v) is 19.0. The summed E-state index contributed by atoms with van der Waals surface area (Å²) in [6.07, 6.45) is 1.84. The van der Waals surface area contributed by atoms with E-state index in [1.54, 1.807) is 0 Å². The molecule has 4 rings (SSSR count). The van der Waals surface area contributed by atoms with Crippen molar-refractivity contribution < 1.29 is 19.5 Å². The summed E-state index contributed by atoms with van der Waals surface area (Å²) in [6.45, 7) is 0. The van der Waals surface area contributed by atoms with Crippen LogP contribution in [-0.4, -0.2) is 22.9 Å². The van der Waals surface area contributed by atoms with Crippen molar-refractivity contribution in [1.29, 1.82) is 0 Å². The predicted molar refractivity (Wildman–Crippen MR) is 130 cm³/mol. The molecule has 3 aromatic carbocycles. The van der Waals surface area contributed by atoms with Crippen LogP contribution in [0.15, 0.2) is 77.7 Å². The second-order valence-electron chi connectivity index (χ2n) is 7.69. The maximum Gasteiger partial charge on any atom is 0.335 e.